The maximum atomic E-state index is 12.0. The summed E-state index contributed by atoms with van der Waals surface area (Å²) in [6, 6.07) is 6.83. The Morgan fingerprint density at radius 2 is 1.89 bits per heavy atom. The maximum absolute atomic E-state index is 12.0. The molecule has 2 aromatic heterocycles. The van der Waals surface area contributed by atoms with Crippen LogP contribution >= 0.6 is 11.3 Å². The van der Waals surface area contributed by atoms with E-state index in [1.165, 1.54) is 18.3 Å². The Morgan fingerprint density at radius 1 is 1.21 bits per heavy atom. The highest BCUT2D eigenvalue weighted by Gasteiger charge is 2.16. The molecule has 0 saturated carbocycles. The van der Waals surface area contributed by atoms with Crippen LogP contribution in [0.4, 0.5) is 0 Å². The Labute approximate surface area is 115 Å². The van der Waals surface area contributed by atoms with Gasteiger partial charge in [0.15, 0.2) is 5.78 Å². The molecule has 0 radical (unpaired) electrons. The van der Waals surface area contributed by atoms with Crippen LogP contribution in [-0.2, 0) is 0 Å². The molecule has 0 aliphatic heterocycles. The first-order valence-electron chi connectivity index (χ1n) is 5.95. The molecule has 0 fully saturated rings. The Morgan fingerprint density at radius 3 is 2.42 bits per heavy atom. The average molecular weight is 277 g/mol. The van der Waals surface area contributed by atoms with Crippen LogP contribution in [0.25, 0.3) is 0 Å². The van der Waals surface area contributed by atoms with Crippen molar-refractivity contribution in [2.45, 2.75) is 26.8 Å². The van der Waals surface area contributed by atoms with Crippen molar-refractivity contribution in [1.29, 1.82) is 0 Å². The van der Waals surface area contributed by atoms with Crippen molar-refractivity contribution in [3.05, 3.63) is 45.5 Å². The van der Waals surface area contributed by atoms with E-state index in [2.05, 4.69) is 5.32 Å². The molecule has 0 unspecified atom stereocenters. The third-order valence-corrected chi connectivity index (χ3v) is 3.90. The van der Waals surface area contributed by atoms with Crippen LogP contribution in [0.5, 0.6) is 0 Å². The van der Waals surface area contributed by atoms with E-state index in [0.29, 0.717) is 15.5 Å². The Kier molecular flexibility index (Phi) is 3.85. The summed E-state index contributed by atoms with van der Waals surface area (Å²) in [7, 11) is 0. The number of rotatable bonds is 4. The second-order valence-corrected chi connectivity index (χ2v) is 5.45. The lowest BCUT2D eigenvalue weighted by atomic mass is 10.2. The lowest BCUT2D eigenvalue weighted by Crippen LogP contribution is -2.25. The van der Waals surface area contributed by atoms with Gasteiger partial charge in [0.1, 0.15) is 11.5 Å². The molecule has 0 bridgehead atoms. The summed E-state index contributed by atoms with van der Waals surface area (Å²) in [4.78, 5) is 24.3. The topological polar surface area (TPSA) is 59.3 Å². The fourth-order valence-corrected chi connectivity index (χ4v) is 2.48. The van der Waals surface area contributed by atoms with Crippen molar-refractivity contribution in [1.82, 2.24) is 5.32 Å². The van der Waals surface area contributed by atoms with Gasteiger partial charge in [-0.3, -0.25) is 9.59 Å². The van der Waals surface area contributed by atoms with Crippen LogP contribution < -0.4 is 5.32 Å². The monoisotopic (exact) mass is 277 g/mol. The highest BCUT2D eigenvalue weighted by Crippen LogP contribution is 2.20. The maximum Gasteiger partial charge on any atom is 0.261 e. The van der Waals surface area contributed by atoms with Gasteiger partial charge in [-0.25, -0.2) is 0 Å². The summed E-state index contributed by atoms with van der Waals surface area (Å²) in [5.41, 5.74) is 0. The number of thiophene rings is 1. The molecule has 1 atom stereocenters. The van der Waals surface area contributed by atoms with Crippen LogP contribution in [0.15, 0.2) is 28.7 Å². The summed E-state index contributed by atoms with van der Waals surface area (Å²) >= 11 is 1.20. The number of hydrogen-bond acceptors (Lipinski definition) is 4. The molecule has 1 amide bonds. The molecular weight excluding hydrogens is 262 g/mol. The largest absolute Gasteiger partial charge is 0.464 e. The van der Waals surface area contributed by atoms with E-state index in [4.69, 9.17) is 4.42 Å². The van der Waals surface area contributed by atoms with Crippen LogP contribution in [0.3, 0.4) is 0 Å². The van der Waals surface area contributed by atoms with Crippen LogP contribution in [-0.4, -0.2) is 11.7 Å². The summed E-state index contributed by atoms with van der Waals surface area (Å²) in [6.45, 7) is 5.20. The van der Waals surface area contributed by atoms with Crippen molar-refractivity contribution >= 4 is 23.0 Å². The van der Waals surface area contributed by atoms with Gasteiger partial charge in [0.05, 0.1) is 15.8 Å². The Hall–Kier alpha value is -1.88. The van der Waals surface area contributed by atoms with Gasteiger partial charge in [-0.1, -0.05) is 0 Å². The smallest absolute Gasteiger partial charge is 0.261 e. The average Bonchev–Trinajstić information content (AvgIpc) is 2.96. The highest BCUT2D eigenvalue weighted by atomic mass is 32.1. The molecule has 0 spiro atoms. The predicted octanol–water partition coefficient (Wildman–Crippen LogP) is 3.34. The summed E-state index contributed by atoms with van der Waals surface area (Å²) in [5, 5.41) is 2.84. The van der Waals surface area contributed by atoms with Gasteiger partial charge in [-0.2, -0.15) is 0 Å². The Bertz CT molecular complexity index is 612. The van der Waals surface area contributed by atoms with Gasteiger partial charge >= 0.3 is 0 Å². The van der Waals surface area contributed by atoms with E-state index in [-0.39, 0.29) is 17.7 Å². The summed E-state index contributed by atoms with van der Waals surface area (Å²) in [6.07, 6.45) is 0. The second kappa shape index (κ2) is 5.40. The van der Waals surface area contributed by atoms with Crippen molar-refractivity contribution in [2.24, 2.45) is 0 Å². The zero-order valence-corrected chi connectivity index (χ0v) is 11.8. The number of nitrogens with one attached hydrogen (secondary N) is 1. The highest BCUT2D eigenvalue weighted by molar-refractivity contribution is 7.15. The third-order valence-electron chi connectivity index (χ3n) is 2.71. The van der Waals surface area contributed by atoms with Crippen molar-refractivity contribution in [3.63, 3.8) is 0 Å². The van der Waals surface area contributed by atoms with E-state index in [1.807, 2.05) is 26.0 Å². The first-order chi connectivity index (χ1) is 8.97. The van der Waals surface area contributed by atoms with Gasteiger partial charge in [0.25, 0.3) is 5.91 Å². The fraction of sp³-hybridized carbons (Fsp3) is 0.286. The number of ketones is 1. The zero-order valence-electron chi connectivity index (χ0n) is 11.0. The normalized spacial score (nSPS) is 12.2. The Balaban J connectivity index is 2.06. The second-order valence-electron chi connectivity index (χ2n) is 4.36. The third kappa shape index (κ3) is 3.12. The van der Waals surface area contributed by atoms with Crippen LogP contribution in [0.1, 0.15) is 50.8 Å². The molecule has 0 aliphatic carbocycles. The van der Waals surface area contributed by atoms with Crippen LogP contribution in [0, 0.1) is 6.92 Å². The molecule has 0 aliphatic rings. The summed E-state index contributed by atoms with van der Waals surface area (Å²) < 4.78 is 5.46. The molecular formula is C14H15NO3S. The molecule has 0 saturated heterocycles. The standard InChI is InChI=1S/C14H15NO3S/c1-8-4-5-11(18-8)9(2)15-14(17)13-7-6-12(19-13)10(3)16/h4-7,9H,1-3H3,(H,15,17)/t9-/m1/s1. The minimum absolute atomic E-state index is 0.0289. The van der Waals surface area contributed by atoms with Gasteiger partial charge in [-0.15, -0.1) is 11.3 Å². The molecule has 100 valence electrons. The van der Waals surface area contributed by atoms with Gasteiger partial charge in [0.2, 0.25) is 0 Å². The predicted molar refractivity (Wildman–Crippen MR) is 73.6 cm³/mol. The molecule has 0 aromatic carbocycles. The minimum Gasteiger partial charge on any atom is -0.464 e. The molecule has 2 heterocycles. The molecule has 19 heavy (non-hydrogen) atoms. The SMILES string of the molecule is CC(=O)c1ccc(C(=O)N[C@H](C)c2ccc(C)o2)s1. The lowest BCUT2D eigenvalue weighted by Gasteiger charge is -2.10. The first-order valence-corrected chi connectivity index (χ1v) is 6.77. The summed E-state index contributed by atoms with van der Waals surface area (Å²) in [5.74, 6) is 1.30. The van der Waals surface area contributed by atoms with Crippen molar-refractivity contribution in [2.75, 3.05) is 0 Å². The first kappa shape index (κ1) is 13.5. The molecule has 1 N–H and O–H groups in total. The minimum atomic E-state index is -0.205. The number of carbonyl (C=O) groups excluding carboxylic acids is 2. The van der Waals surface area contributed by atoms with E-state index in [0.717, 1.165) is 5.76 Å². The van der Waals surface area contributed by atoms with Crippen molar-refractivity contribution in [3.8, 4) is 0 Å². The fourth-order valence-electron chi connectivity index (χ4n) is 1.67. The van der Waals surface area contributed by atoms with Crippen LogP contribution in [0.2, 0.25) is 0 Å². The number of amides is 1. The number of Topliss-reactive ketones (excluding diaryl/α,β-unsaturated/α-hetero) is 1. The van der Waals surface area contributed by atoms with Crippen molar-refractivity contribution < 1.29 is 14.0 Å². The zero-order chi connectivity index (χ0) is 14.0. The molecule has 5 heteroatoms. The van der Waals surface area contributed by atoms with E-state index in [1.54, 1.807) is 12.1 Å². The number of aryl methyl sites for hydroxylation is 1. The van der Waals surface area contributed by atoms with Gasteiger partial charge in [0, 0.05) is 0 Å². The van der Waals surface area contributed by atoms with E-state index in [9.17, 15) is 9.59 Å². The van der Waals surface area contributed by atoms with Gasteiger partial charge in [-0.05, 0) is 45.0 Å². The van der Waals surface area contributed by atoms with E-state index < -0.39 is 0 Å². The molecule has 2 rings (SSSR count). The number of furan rings is 1. The number of hydrogen-bond donors (Lipinski definition) is 1. The molecule has 2 aromatic rings. The molecule has 4 nitrogen and oxygen atoms in total. The van der Waals surface area contributed by atoms with E-state index >= 15 is 0 Å². The lowest BCUT2D eigenvalue weighted by molar-refractivity contribution is 0.0938. The quantitative estimate of drug-likeness (QED) is 0.872. The van der Waals surface area contributed by atoms with Gasteiger partial charge < -0.3 is 9.73 Å². The number of carbonyl (C=O) groups is 2.